The summed E-state index contributed by atoms with van der Waals surface area (Å²) in [5, 5.41) is 2.60. The molecule has 1 aromatic rings. The highest BCUT2D eigenvalue weighted by atomic mass is 32.2. The molecule has 26 heavy (non-hydrogen) atoms. The third-order valence-electron chi connectivity index (χ3n) is 4.09. The van der Waals surface area contributed by atoms with E-state index in [1.165, 1.54) is 21.1 Å². The van der Waals surface area contributed by atoms with E-state index >= 15 is 0 Å². The van der Waals surface area contributed by atoms with E-state index in [2.05, 4.69) is 5.32 Å². The molecule has 1 aromatic carbocycles. The Kier molecular flexibility index (Phi) is 6.47. The molecule has 1 aliphatic rings. The van der Waals surface area contributed by atoms with E-state index in [9.17, 15) is 18.0 Å². The number of hydrogen-bond acceptors (Lipinski definition) is 7. The largest absolute Gasteiger partial charge is 0.497 e. The van der Waals surface area contributed by atoms with Crippen LogP contribution in [0.15, 0.2) is 18.2 Å². The van der Waals surface area contributed by atoms with Gasteiger partial charge in [0.25, 0.3) is 5.91 Å². The number of ether oxygens (including phenoxy) is 3. The summed E-state index contributed by atoms with van der Waals surface area (Å²) in [5.41, 5.74) is 0.604. The molecule has 1 heterocycles. The zero-order valence-electron chi connectivity index (χ0n) is 15.0. The summed E-state index contributed by atoms with van der Waals surface area (Å²) >= 11 is 0. The minimum Gasteiger partial charge on any atom is -0.497 e. The molecule has 0 radical (unpaired) electrons. The summed E-state index contributed by atoms with van der Waals surface area (Å²) in [6, 6.07) is 4.60. The van der Waals surface area contributed by atoms with Gasteiger partial charge in [-0.1, -0.05) is 6.07 Å². The third-order valence-corrected chi connectivity index (χ3v) is 5.85. The average Bonchev–Trinajstić information content (AvgIpc) is 2.93. The van der Waals surface area contributed by atoms with Crippen LogP contribution in [0.25, 0.3) is 0 Å². The van der Waals surface area contributed by atoms with Crippen LogP contribution in [0.2, 0.25) is 0 Å². The number of hydrogen-bond donors (Lipinski definition) is 1. The maximum atomic E-state index is 12.1. The number of carbonyl (C=O) groups is 2. The van der Waals surface area contributed by atoms with E-state index in [0.29, 0.717) is 23.5 Å². The number of nitrogens with one attached hydrogen (secondary N) is 1. The molecule has 1 aliphatic heterocycles. The lowest BCUT2D eigenvalue weighted by atomic mass is 10.1. The van der Waals surface area contributed by atoms with Gasteiger partial charge in [0.05, 0.1) is 32.1 Å². The van der Waals surface area contributed by atoms with E-state index in [0.717, 1.165) is 0 Å². The molecular formula is C17H23NO7S. The second-order valence-corrected chi connectivity index (χ2v) is 8.32. The average molecular weight is 385 g/mol. The molecule has 1 amide bonds. The molecule has 0 unspecified atom stereocenters. The number of amides is 1. The number of carbonyl (C=O) groups excluding carboxylic acids is 2. The van der Waals surface area contributed by atoms with Crippen LogP contribution in [0.4, 0.5) is 0 Å². The highest BCUT2D eigenvalue weighted by Crippen LogP contribution is 2.25. The fourth-order valence-electron chi connectivity index (χ4n) is 2.67. The van der Waals surface area contributed by atoms with Crippen molar-refractivity contribution in [1.82, 2.24) is 5.32 Å². The van der Waals surface area contributed by atoms with Gasteiger partial charge in [-0.25, -0.2) is 8.42 Å². The number of methoxy groups -OCH3 is 2. The number of benzene rings is 1. The molecule has 2 atom stereocenters. The van der Waals surface area contributed by atoms with E-state index < -0.39 is 33.9 Å². The van der Waals surface area contributed by atoms with Crippen LogP contribution in [0.3, 0.4) is 0 Å². The van der Waals surface area contributed by atoms with Gasteiger partial charge < -0.3 is 19.5 Å². The van der Waals surface area contributed by atoms with Crippen LogP contribution < -0.4 is 14.8 Å². The number of esters is 1. The van der Waals surface area contributed by atoms with Crippen LogP contribution in [-0.4, -0.2) is 58.2 Å². The smallest absolute Gasteiger partial charge is 0.311 e. The Morgan fingerprint density at radius 2 is 2.00 bits per heavy atom. The Labute approximate surface area is 152 Å². The van der Waals surface area contributed by atoms with E-state index in [4.69, 9.17) is 14.2 Å². The predicted octanol–water partition coefficient (Wildman–Crippen LogP) is 0.481. The highest BCUT2D eigenvalue weighted by Gasteiger charge is 2.30. The molecule has 0 spiro atoms. The zero-order chi connectivity index (χ0) is 19.3. The summed E-state index contributed by atoms with van der Waals surface area (Å²) < 4.78 is 38.3. The van der Waals surface area contributed by atoms with E-state index in [1.807, 2.05) is 0 Å². The first-order chi connectivity index (χ1) is 12.2. The predicted molar refractivity (Wildman–Crippen MR) is 94.0 cm³/mol. The summed E-state index contributed by atoms with van der Waals surface area (Å²) in [5.74, 6) is -0.0450. The van der Waals surface area contributed by atoms with Crippen molar-refractivity contribution in [3.05, 3.63) is 23.8 Å². The second kappa shape index (κ2) is 8.39. The van der Waals surface area contributed by atoms with Gasteiger partial charge in [-0.15, -0.1) is 0 Å². The van der Waals surface area contributed by atoms with Crippen LogP contribution >= 0.6 is 0 Å². The quantitative estimate of drug-likeness (QED) is 0.680. The molecule has 8 nitrogen and oxygen atoms in total. The van der Waals surface area contributed by atoms with Crippen molar-refractivity contribution in [2.45, 2.75) is 31.9 Å². The minimum atomic E-state index is -3.09. The number of rotatable bonds is 7. The first-order valence-corrected chi connectivity index (χ1v) is 9.97. The lowest BCUT2D eigenvalue weighted by molar-refractivity contribution is -0.154. The Bertz CT molecular complexity index is 775. The van der Waals surface area contributed by atoms with Crippen molar-refractivity contribution in [2.24, 2.45) is 0 Å². The van der Waals surface area contributed by atoms with Gasteiger partial charge in [-0.2, -0.15) is 0 Å². The van der Waals surface area contributed by atoms with Crippen molar-refractivity contribution in [2.75, 3.05) is 25.7 Å². The van der Waals surface area contributed by atoms with Gasteiger partial charge in [0, 0.05) is 17.7 Å². The Morgan fingerprint density at radius 1 is 1.27 bits per heavy atom. The molecule has 1 N–H and O–H groups in total. The molecule has 2 rings (SSSR count). The lowest BCUT2D eigenvalue weighted by Gasteiger charge is -2.17. The minimum absolute atomic E-state index is 0.0589. The van der Waals surface area contributed by atoms with Crippen molar-refractivity contribution in [3.63, 3.8) is 0 Å². The monoisotopic (exact) mass is 385 g/mol. The Balaban J connectivity index is 1.89. The molecular weight excluding hydrogens is 362 g/mol. The topological polar surface area (TPSA) is 108 Å². The SMILES string of the molecule is COc1ccc(CC(=O)O[C@H](C)C(=O)N[C@@H]2CCS(=O)(=O)C2)c(OC)c1. The van der Waals surface area contributed by atoms with Gasteiger partial charge in [0.15, 0.2) is 15.9 Å². The standard InChI is InChI=1S/C17H23NO7S/c1-11(17(20)18-13-6-7-26(21,22)10-13)25-16(19)8-12-4-5-14(23-2)9-15(12)24-3/h4-5,9,11,13H,6-8,10H2,1-3H3,(H,18,20)/t11-,13-/m1/s1. The van der Waals surface area contributed by atoms with Crippen LogP contribution in [0.5, 0.6) is 11.5 Å². The van der Waals surface area contributed by atoms with Crippen molar-refractivity contribution < 1.29 is 32.2 Å². The van der Waals surface area contributed by atoms with Crippen molar-refractivity contribution >= 4 is 21.7 Å². The van der Waals surface area contributed by atoms with Gasteiger partial charge in [0.1, 0.15) is 11.5 Å². The fraction of sp³-hybridized carbons (Fsp3) is 0.529. The van der Waals surface area contributed by atoms with Crippen LogP contribution in [0, 0.1) is 0 Å². The lowest BCUT2D eigenvalue weighted by Crippen LogP contribution is -2.42. The summed E-state index contributed by atoms with van der Waals surface area (Å²) in [6.07, 6.45) is -0.713. The van der Waals surface area contributed by atoms with Crippen molar-refractivity contribution in [3.8, 4) is 11.5 Å². The van der Waals surface area contributed by atoms with Crippen LogP contribution in [-0.2, 0) is 30.6 Å². The molecule has 0 bridgehead atoms. The van der Waals surface area contributed by atoms with Gasteiger partial charge in [0.2, 0.25) is 0 Å². The Hall–Kier alpha value is -2.29. The second-order valence-electron chi connectivity index (χ2n) is 6.10. The van der Waals surface area contributed by atoms with Crippen LogP contribution in [0.1, 0.15) is 18.9 Å². The third kappa shape index (κ3) is 5.35. The molecule has 144 valence electrons. The molecule has 0 aliphatic carbocycles. The maximum Gasteiger partial charge on any atom is 0.311 e. The molecule has 0 saturated carbocycles. The molecule has 0 aromatic heterocycles. The number of sulfone groups is 1. The van der Waals surface area contributed by atoms with Gasteiger partial charge >= 0.3 is 5.97 Å². The first kappa shape index (κ1) is 20.0. The highest BCUT2D eigenvalue weighted by molar-refractivity contribution is 7.91. The van der Waals surface area contributed by atoms with E-state index in [-0.39, 0.29) is 17.9 Å². The fourth-order valence-corrected chi connectivity index (χ4v) is 4.35. The normalized spacial score (nSPS) is 19.4. The summed E-state index contributed by atoms with van der Waals surface area (Å²) in [4.78, 5) is 24.2. The maximum absolute atomic E-state index is 12.1. The zero-order valence-corrected chi connectivity index (χ0v) is 15.8. The molecule has 1 saturated heterocycles. The molecule has 9 heteroatoms. The molecule has 1 fully saturated rings. The summed E-state index contributed by atoms with van der Waals surface area (Å²) in [7, 11) is -0.0828. The first-order valence-electron chi connectivity index (χ1n) is 8.15. The van der Waals surface area contributed by atoms with Gasteiger partial charge in [-0.3, -0.25) is 9.59 Å². The summed E-state index contributed by atoms with van der Waals surface area (Å²) in [6.45, 7) is 1.45. The van der Waals surface area contributed by atoms with Gasteiger partial charge in [-0.05, 0) is 19.4 Å². The Morgan fingerprint density at radius 3 is 2.58 bits per heavy atom. The van der Waals surface area contributed by atoms with Crippen molar-refractivity contribution in [1.29, 1.82) is 0 Å². The van der Waals surface area contributed by atoms with E-state index in [1.54, 1.807) is 18.2 Å².